The molecule has 2 unspecified atom stereocenters. The molecule has 0 aromatic rings. The highest BCUT2D eigenvalue weighted by Gasteiger charge is 2.26. The lowest BCUT2D eigenvalue weighted by molar-refractivity contribution is -0.128. The quantitative estimate of drug-likeness (QED) is 0.618. The molecular weight excluding hydrogens is 226 g/mol. The van der Waals surface area contributed by atoms with E-state index in [9.17, 15) is 4.79 Å². The molecule has 1 heterocycles. The van der Waals surface area contributed by atoms with Crippen molar-refractivity contribution in [2.24, 2.45) is 5.92 Å². The first kappa shape index (κ1) is 13.2. The Morgan fingerprint density at radius 3 is 2.40 bits per heavy atom. The summed E-state index contributed by atoms with van der Waals surface area (Å²) in [4.78, 5) is 11.7. The van der Waals surface area contributed by atoms with Gasteiger partial charge in [0.2, 0.25) is 5.91 Å². The second-order valence-corrected chi connectivity index (χ2v) is 5.11. The molecule has 0 aromatic heterocycles. The summed E-state index contributed by atoms with van der Waals surface area (Å²) >= 11 is 8.36. The Kier molecular flexibility index (Phi) is 6.57. The summed E-state index contributed by atoms with van der Waals surface area (Å²) in [5, 5.41) is 3.11. The summed E-state index contributed by atoms with van der Waals surface area (Å²) in [5.74, 6) is 2.29. The van der Waals surface area contributed by atoms with E-state index >= 15 is 0 Å². The molecule has 1 amide bonds. The number of hydrogen-bond donors (Lipinski definition) is 3. The maximum Gasteiger partial charge on any atom is 0.223 e. The van der Waals surface area contributed by atoms with Gasteiger partial charge in [-0.2, -0.15) is 25.3 Å². The Morgan fingerprint density at radius 2 is 1.80 bits per heavy atom. The fourth-order valence-electron chi connectivity index (χ4n) is 2.09. The number of thiol groups is 2. The molecule has 2 nitrogen and oxygen atoms in total. The van der Waals surface area contributed by atoms with E-state index in [1.807, 2.05) is 0 Å². The molecule has 0 bridgehead atoms. The maximum atomic E-state index is 11.7. The minimum atomic E-state index is 0.240. The minimum Gasteiger partial charge on any atom is -0.353 e. The molecule has 1 aliphatic heterocycles. The smallest absolute Gasteiger partial charge is 0.223 e. The molecule has 1 N–H and O–H groups in total. The molecule has 1 rings (SSSR count). The second-order valence-electron chi connectivity index (χ2n) is 4.21. The second kappa shape index (κ2) is 7.44. The molecule has 15 heavy (non-hydrogen) atoms. The van der Waals surface area contributed by atoms with Crippen LogP contribution in [0.5, 0.6) is 0 Å². The summed E-state index contributed by atoms with van der Waals surface area (Å²) < 4.78 is 0. The van der Waals surface area contributed by atoms with Gasteiger partial charge in [0.15, 0.2) is 0 Å². The third-order valence-corrected chi connectivity index (χ3v) is 3.63. The van der Waals surface area contributed by atoms with Crippen LogP contribution in [-0.2, 0) is 4.79 Å². The molecule has 0 aliphatic carbocycles. The van der Waals surface area contributed by atoms with Crippen molar-refractivity contribution >= 4 is 31.2 Å². The van der Waals surface area contributed by atoms with Crippen LogP contribution in [0.2, 0.25) is 0 Å². The molecule has 1 saturated heterocycles. The number of rotatable bonds is 6. The number of piperidine rings is 1. The predicted molar refractivity (Wildman–Crippen MR) is 70.8 cm³/mol. The van der Waals surface area contributed by atoms with E-state index < -0.39 is 0 Å². The molecule has 0 saturated carbocycles. The van der Waals surface area contributed by atoms with E-state index in [-0.39, 0.29) is 11.8 Å². The zero-order valence-corrected chi connectivity index (χ0v) is 10.9. The Labute approximate surface area is 103 Å². The van der Waals surface area contributed by atoms with Gasteiger partial charge in [-0.15, -0.1) is 0 Å². The Balaban J connectivity index is 2.24. The fourth-order valence-corrected chi connectivity index (χ4v) is 2.46. The van der Waals surface area contributed by atoms with Crippen molar-refractivity contribution in [2.75, 3.05) is 11.5 Å². The van der Waals surface area contributed by atoms with Crippen LogP contribution in [0.4, 0.5) is 0 Å². The highest BCUT2D eigenvalue weighted by Crippen LogP contribution is 2.22. The summed E-state index contributed by atoms with van der Waals surface area (Å²) in [5.41, 5.74) is 0. The van der Waals surface area contributed by atoms with Crippen LogP contribution in [-0.4, -0.2) is 23.5 Å². The first-order valence-electron chi connectivity index (χ1n) is 5.80. The first-order valence-corrected chi connectivity index (χ1v) is 7.06. The number of carbonyl (C=O) groups is 1. The van der Waals surface area contributed by atoms with Crippen LogP contribution in [0.25, 0.3) is 0 Å². The number of hydrogen-bond acceptors (Lipinski definition) is 3. The van der Waals surface area contributed by atoms with Crippen LogP contribution in [0.15, 0.2) is 0 Å². The van der Waals surface area contributed by atoms with Crippen molar-refractivity contribution in [2.45, 2.75) is 44.6 Å². The number of nitrogens with one attached hydrogen (secondary N) is 1. The molecule has 0 radical (unpaired) electrons. The summed E-state index contributed by atoms with van der Waals surface area (Å²) in [6.07, 6.45) is 6.40. The lowest BCUT2D eigenvalue weighted by atomic mass is 9.89. The van der Waals surface area contributed by atoms with Crippen molar-refractivity contribution in [1.82, 2.24) is 5.32 Å². The van der Waals surface area contributed by atoms with E-state index in [0.29, 0.717) is 6.04 Å². The van der Waals surface area contributed by atoms with Gasteiger partial charge in [-0.1, -0.05) is 0 Å². The molecule has 2 atom stereocenters. The lowest BCUT2D eigenvalue weighted by Crippen LogP contribution is -2.44. The Hall–Kier alpha value is 0.170. The van der Waals surface area contributed by atoms with Crippen molar-refractivity contribution in [1.29, 1.82) is 0 Å². The van der Waals surface area contributed by atoms with Gasteiger partial charge in [0.25, 0.3) is 0 Å². The molecule has 0 aromatic carbocycles. The minimum absolute atomic E-state index is 0.240. The van der Waals surface area contributed by atoms with E-state index in [1.54, 1.807) is 0 Å². The molecule has 1 fully saturated rings. The number of carbonyl (C=O) groups excluding carboxylic acids is 1. The molecule has 88 valence electrons. The van der Waals surface area contributed by atoms with Crippen LogP contribution in [0.1, 0.15) is 38.5 Å². The van der Waals surface area contributed by atoms with E-state index in [0.717, 1.165) is 50.0 Å². The van der Waals surface area contributed by atoms with Gasteiger partial charge in [-0.25, -0.2) is 0 Å². The van der Waals surface area contributed by atoms with Gasteiger partial charge in [-0.05, 0) is 50.0 Å². The standard InChI is InChI=1S/C11H21NOS2/c13-11-9(3-1-7-14)5-6-10(12-11)4-2-8-15/h9-10,14-15H,1-8H2,(H,12,13). The van der Waals surface area contributed by atoms with Gasteiger partial charge in [0.05, 0.1) is 0 Å². The third-order valence-electron chi connectivity index (χ3n) is 3.00. The van der Waals surface area contributed by atoms with E-state index in [4.69, 9.17) is 0 Å². The topological polar surface area (TPSA) is 29.1 Å². The van der Waals surface area contributed by atoms with Gasteiger partial charge in [0, 0.05) is 12.0 Å². The van der Waals surface area contributed by atoms with E-state index in [2.05, 4.69) is 30.6 Å². The van der Waals surface area contributed by atoms with Crippen LogP contribution in [0.3, 0.4) is 0 Å². The van der Waals surface area contributed by atoms with E-state index in [1.165, 1.54) is 0 Å². The van der Waals surface area contributed by atoms with Crippen molar-refractivity contribution in [3.8, 4) is 0 Å². The zero-order chi connectivity index (χ0) is 11.1. The Bertz CT molecular complexity index is 199. The van der Waals surface area contributed by atoms with Gasteiger partial charge >= 0.3 is 0 Å². The zero-order valence-electron chi connectivity index (χ0n) is 9.11. The normalized spacial score (nSPS) is 26.4. The summed E-state index contributed by atoms with van der Waals surface area (Å²) in [6.45, 7) is 0. The SMILES string of the molecule is O=C1NC(CCCS)CCC1CCCS. The van der Waals surface area contributed by atoms with Crippen molar-refractivity contribution < 1.29 is 4.79 Å². The lowest BCUT2D eigenvalue weighted by Gasteiger charge is -2.29. The average molecular weight is 247 g/mol. The molecular formula is C11H21NOS2. The Morgan fingerprint density at radius 1 is 1.13 bits per heavy atom. The maximum absolute atomic E-state index is 11.7. The number of amides is 1. The molecule has 1 aliphatic rings. The van der Waals surface area contributed by atoms with Gasteiger partial charge < -0.3 is 5.32 Å². The van der Waals surface area contributed by atoms with Gasteiger partial charge in [-0.3, -0.25) is 4.79 Å². The highest BCUT2D eigenvalue weighted by molar-refractivity contribution is 7.80. The van der Waals surface area contributed by atoms with Crippen LogP contribution in [0, 0.1) is 5.92 Å². The monoisotopic (exact) mass is 247 g/mol. The highest BCUT2D eigenvalue weighted by atomic mass is 32.1. The first-order chi connectivity index (χ1) is 7.27. The predicted octanol–water partition coefficient (Wildman–Crippen LogP) is 2.30. The van der Waals surface area contributed by atoms with Crippen LogP contribution >= 0.6 is 25.3 Å². The molecule has 4 heteroatoms. The van der Waals surface area contributed by atoms with Crippen molar-refractivity contribution in [3.05, 3.63) is 0 Å². The van der Waals surface area contributed by atoms with Crippen molar-refractivity contribution in [3.63, 3.8) is 0 Å². The van der Waals surface area contributed by atoms with Gasteiger partial charge in [0.1, 0.15) is 0 Å². The largest absolute Gasteiger partial charge is 0.353 e. The van der Waals surface area contributed by atoms with Crippen LogP contribution < -0.4 is 5.32 Å². The third kappa shape index (κ3) is 4.68. The molecule has 0 spiro atoms. The summed E-state index contributed by atoms with van der Waals surface area (Å²) in [7, 11) is 0. The summed E-state index contributed by atoms with van der Waals surface area (Å²) in [6, 6.07) is 0.400. The fraction of sp³-hybridized carbons (Fsp3) is 0.909. The average Bonchev–Trinajstić information content (AvgIpc) is 2.25.